The summed E-state index contributed by atoms with van der Waals surface area (Å²) in [5.74, 6) is 1.52. The summed E-state index contributed by atoms with van der Waals surface area (Å²) >= 11 is 11.6. The van der Waals surface area contributed by atoms with Gasteiger partial charge < -0.3 is 19.9 Å². The minimum absolute atomic E-state index is 0.273. The van der Waals surface area contributed by atoms with Crippen molar-refractivity contribution in [2.75, 3.05) is 12.4 Å². The van der Waals surface area contributed by atoms with Crippen molar-refractivity contribution in [2.24, 2.45) is 0 Å². The summed E-state index contributed by atoms with van der Waals surface area (Å²) < 4.78 is 10.6. The van der Waals surface area contributed by atoms with Gasteiger partial charge in [-0.1, -0.05) is 28.9 Å². The predicted octanol–water partition coefficient (Wildman–Crippen LogP) is 4.43. The molecule has 0 spiro atoms. The fourth-order valence-corrected chi connectivity index (χ4v) is 3.22. The molecule has 2 aromatic heterocycles. The van der Waals surface area contributed by atoms with Crippen molar-refractivity contribution in [3.05, 3.63) is 65.6 Å². The predicted molar refractivity (Wildman–Crippen MR) is 116 cm³/mol. The molecule has 0 radical (unpaired) electrons. The molecule has 0 saturated carbocycles. The molecule has 0 amide bonds. The molecule has 4 aromatic rings. The summed E-state index contributed by atoms with van der Waals surface area (Å²) in [6, 6.07) is 14.9. The molecule has 2 aromatic carbocycles. The standard InChI is InChI=1S/C20H16ClN5O2S/c1-27-16-9-8-15(13-6-4-10-22-18(13)16)24-20(29)23-11-17-25-19(26-28-17)12-5-2-3-7-14(12)21/h2-10H,11H2,1H3,(H2,23,24,29). The first-order valence-corrected chi connectivity index (χ1v) is 9.48. The second-order valence-electron chi connectivity index (χ2n) is 6.01. The number of anilines is 1. The van der Waals surface area contributed by atoms with Crippen molar-refractivity contribution in [1.29, 1.82) is 0 Å². The molecule has 4 rings (SSSR count). The van der Waals surface area contributed by atoms with E-state index in [2.05, 4.69) is 25.8 Å². The Kier molecular flexibility index (Phi) is 5.55. The second-order valence-corrected chi connectivity index (χ2v) is 6.83. The lowest BCUT2D eigenvalue weighted by Gasteiger charge is -2.13. The van der Waals surface area contributed by atoms with Gasteiger partial charge in [0.25, 0.3) is 0 Å². The van der Waals surface area contributed by atoms with Crippen molar-refractivity contribution in [1.82, 2.24) is 20.4 Å². The molecule has 0 unspecified atom stereocenters. The van der Waals surface area contributed by atoms with Gasteiger partial charge in [0.15, 0.2) is 5.11 Å². The van der Waals surface area contributed by atoms with E-state index in [9.17, 15) is 0 Å². The Morgan fingerprint density at radius 2 is 2.03 bits per heavy atom. The van der Waals surface area contributed by atoms with E-state index in [1.807, 2.05) is 42.5 Å². The Morgan fingerprint density at radius 3 is 2.86 bits per heavy atom. The van der Waals surface area contributed by atoms with Crippen molar-refractivity contribution < 1.29 is 9.26 Å². The maximum Gasteiger partial charge on any atom is 0.246 e. The number of thiocarbonyl (C=S) groups is 1. The number of rotatable bonds is 5. The lowest BCUT2D eigenvalue weighted by Crippen LogP contribution is -2.28. The number of benzene rings is 2. The van der Waals surface area contributed by atoms with Crippen LogP contribution in [0.15, 0.2) is 59.3 Å². The van der Waals surface area contributed by atoms with Gasteiger partial charge in [-0.05, 0) is 48.6 Å². The summed E-state index contributed by atoms with van der Waals surface area (Å²) in [7, 11) is 1.62. The number of nitrogens with one attached hydrogen (secondary N) is 2. The van der Waals surface area contributed by atoms with Crippen LogP contribution in [0.1, 0.15) is 5.89 Å². The Labute approximate surface area is 177 Å². The number of nitrogens with zero attached hydrogens (tertiary/aromatic N) is 3. The normalized spacial score (nSPS) is 10.7. The molecule has 0 aliphatic rings. The molecule has 0 atom stereocenters. The molecular weight excluding hydrogens is 410 g/mol. The lowest BCUT2D eigenvalue weighted by atomic mass is 10.1. The number of methoxy groups -OCH3 is 1. The van der Waals surface area contributed by atoms with Crippen LogP contribution in [0.2, 0.25) is 5.02 Å². The highest BCUT2D eigenvalue weighted by Crippen LogP contribution is 2.29. The van der Waals surface area contributed by atoms with Crippen LogP contribution >= 0.6 is 23.8 Å². The van der Waals surface area contributed by atoms with Crippen molar-refractivity contribution in [3.8, 4) is 17.1 Å². The Hall–Kier alpha value is -3.23. The number of hydrogen-bond acceptors (Lipinski definition) is 6. The highest BCUT2D eigenvalue weighted by Gasteiger charge is 2.12. The van der Waals surface area contributed by atoms with Gasteiger partial charge in [-0.15, -0.1) is 0 Å². The van der Waals surface area contributed by atoms with E-state index in [0.717, 1.165) is 16.6 Å². The number of aromatic nitrogens is 3. The van der Waals surface area contributed by atoms with Crippen molar-refractivity contribution >= 4 is 45.5 Å². The van der Waals surface area contributed by atoms with Crippen LogP contribution < -0.4 is 15.4 Å². The number of halogens is 1. The van der Waals surface area contributed by atoms with Gasteiger partial charge in [-0.3, -0.25) is 4.98 Å². The zero-order chi connectivity index (χ0) is 20.2. The highest BCUT2D eigenvalue weighted by atomic mass is 35.5. The third-order valence-corrected chi connectivity index (χ3v) is 4.76. The van der Waals surface area contributed by atoms with Gasteiger partial charge in [0, 0.05) is 22.8 Å². The zero-order valence-electron chi connectivity index (χ0n) is 15.3. The molecule has 0 aliphatic heterocycles. The van der Waals surface area contributed by atoms with E-state index in [0.29, 0.717) is 33.2 Å². The first kappa shape index (κ1) is 19.1. The molecule has 9 heteroatoms. The van der Waals surface area contributed by atoms with E-state index >= 15 is 0 Å². The van der Waals surface area contributed by atoms with Crippen molar-refractivity contribution in [3.63, 3.8) is 0 Å². The van der Waals surface area contributed by atoms with E-state index in [4.69, 9.17) is 33.1 Å². The summed E-state index contributed by atoms with van der Waals surface area (Å²) in [6.07, 6.45) is 1.72. The summed E-state index contributed by atoms with van der Waals surface area (Å²) in [5, 5.41) is 12.1. The molecular formula is C20H16ClN5O2S. The Balaban J connectivity index is 1.44. The fourth-order valence-electron chi connectivity index (χ4n) is 2.82. The molecule has 2 heterocycles. The van der Waals surface area contributed by atoms with Gasteiger partial charge >= 0.3 is 0 Å². The average molecular weight is 426 g/mol. The van der Waals surface area contributed by atoms with Crippen LogP contribution in [0, 0.1) is 0 Å². The topological polar surface area (TPSA) is 85.1 Å². The monoisotopic (exact) mass is 425 g/mol. The number of hydrogen-bond donors (Lipinski definition) is 2. The van der Waals surface area contributed by atoms with E-state index in [1.54, 1.807) is 19.4 Å². The largest absolute Gasteiger partial charge is 0.494 e. The van der Waals surface area contributed by atoms with Gasteiger partial charge in [0.2, 0.25) is 11.7 Å². The number of ether oxygens (including phenoxy) is 1. The third-order valence-electron chi connectivity index (χ3n) is 4.18. The molecule has 0 bridgehead atoms. The minimum atomic E-state index is 0.273. The Bertz CT molecular complexity index is 1180. The highest BCUT2D eigenvalue weighted by molar-refractivity contribution is 7.80. The number of fused-ring (bicyclic) bond motifs is 1. The van der Waals surface area contributed by atoms with Gasteiger partial charge in [0.05, 0.1) is 18.7 Å². The van der Waals surface area contributed by atoms with E-state index in [-0.39, 0.29) is 6.54 Å². The average Bonchev–Trinajstić information content (AvgIpc) is 3.22. The van der Waals surface area contributed by atoms with Crippen LogP contribution in [0.4, 0.5) is 5.69 Å². The molecule has 29 heavy (non-hydrogen) atoms. The van der Waals surface area contributed by atoms with E-state index < -0.39 is 0 Å². The van der Waals surface area contributed by atoms with Crippen LogP contribution in [0.25, 0.3) is 22.3 Å². The first-order valence-electron chi connectivity index (χ1n) is 8.70. The lowest BCUT2D eigenvalue weighted by molar-refractivity contribution is 0.376. The quantitative estimate of drug-likeness (QED) is 0.454. The van der Waals surface area contributed by atoms with Crippen LogP contribution in [-0.2, 0) is 6.54 Å². The van der Waals surface area contributed by atoms with Crippen LogP contribution in [0.3, 0.4) is 0 Å². The third kappa shape index (κ3) is 4.13. The zero-order valence-corrected chi connectivity index (χ0v) is 16.9. The van der Waals surface area contributed by atoms with Gasteiger partial charge in [0.1, 0.15) is 11.3 Å². The van der Waals surface area contributed by atoms with E-state index in [1.165, 1.54) is 0 Å². The summed E-state index contributed by atoms with van der Waals surface area (Å²) in [5.41, 5.74) is 2.28. The molecule has 0 aliphatic carbocycles. The van der Waals surface area contributed by atoms with Gasteiger partial charge in [-0.2, -0.15) is 4.98 Å². The summed E-state index contributed by atoms with van der Waals surface area (Å²) in [6.45, 7) is 0.273. The smallest absolute Gasteiger partial charge is 0.246 e. The first-order chi connectivity index (χ1) is 14.2. The molecule has 0 fully saturated rings. The maximum absolute atomic E-state index is 6.17. The van der Waals surface area contributed by atoms with Gasteiger partial charge in [-0.25, -0.2) is 0 Å². The summed E-state index contributed by atoms with van der Waals surface area (Å²) in [4.78, 5) is 8.73. The van der Waals surface area contributed by atoms with Crippen molar-refractivity contribution in [2.45, 2.75) is 6.54 Å². The molecule has 146 valence electrons. The maximum atomic E-state index is 6.17. The molecule has 0 saturated heterocycles. The van der Waals surface area contributed by atoms with Crippen LogP contribution in [-0.4, -0.2) is 27.3 Å². The second kappa shape index (κ2) is 8.42. The minimum Gasteiger partial charge on any atom is -0.494 e. The molecule has 7 nitrogen and oxygen atoms in total. The van der Waals surface area contributed by atoms with Crippen LogP contribution in [0.5, 0.6) is 5.75 Å². The fraction of sp³-hybridized carbons (Fsp3) is 0.100. The Morgan fingerprint density at radius 1 is 1.17 bits per heavy atom. The number of pyridine rings is 1. The molecule has 2 N–H and O–H groups in total. The SMILES string of the molecule is COc1ccc(NC(=S)NCc2nc(-c3ccccc3Cl)no2)c2cccnc12.